The molecule has 0 unspecified atom stereocenters. The fraction of sp³-hybridized carbons (Fsp3) is 0.514. The van der Waals surface area contributed by atoms with E-state index in [-0.39, 0.29) is 11.4 Å². The maximum absolute atomic E-state index is 13.3. The minimum absolute atomic E-state index is 0.0772. The van der Waals surface area contributed by atoms with Crippen molar-refractivity contribution < 1.29 is 14.3 Å². The summed E-state index contributed by atoms with van der Waals surface area (Å²) in [6.45, 7) is 9.67. The minimum Gasteiger partial charge on any atom is -0.381 e. The number of rotatable bonds is 19. The Bertz CT molecular complexity index is 1500. The number of nitrogens with zero attached hydrogens (tertiary/aromatic N) is 4. The van der Waals surface area contributed by atoms with E-state index in [1.807, 2.05) is 24.3 Å². The SMILES string of the molecule is CCCCCCCCCCCCOCCCNC(=O)C1=C/C(=N\N=c2n(CC)c3ccccc3n2CC)c2ccccc2C1=O. The molecular formula is C37H51N5O3. The molecule has 0 spiro atoms. The molecule has 0 saturated heterocycles. The second kappa shape index (κ2) is 18.3. The van der Waals surface area contributed by atoms with E-state index < -0.39 is 5.91 Å². The van der Waals surface area contributed by atoms with Crippen LogP contribution in [0.3, 0.4) is 0 Å². The molecule has 3 aromatic rings. The van der Waals surface area contributed by atoms with Gasteiger partial charge < -0.3 is 19.2 Å². The molecule has 0 aliphatic heterocycles. The van der Waals surface area contributed by atoms with Crippen molar-refractivity contribution in [2.45, 2.75) is 104 Å². The highest BCUT2D eigenvalue weighted by molar-refractivity contribution is 6.35. The fourth-order valence-corrected chi connectivity index (χ4v) is 5.96. The van der Waals surface area contributed by atoms with Crippen LogP contribution in [-0.4, -0.2) is 46.3 Å². The van der Waals surface area contributed by atoms with Gasteiger partial charge in [-0.3, -0.25) is 9.59 Å². The van der Waals surface area contributed by atoms with Crippen molar-refractivity contribution in [2.24, 2.45) is 10.2 Å². The van der Waals surface area contributed by atoms with Crippen LogP contribution in [0.2, 0.25) is 0 Å². The summed E-state index contributed by atoms with van der Waals surface area (Å²) < 4.78 is 10.0. The lowest BCUT2D eigenvalue weighted by Gasteiger charge is -2.16. The third-order valence-electron chi connectivity index (χ3n) is 8.44. The summed E-state index contributed by atoms with van der Waals surface area (Å²) in [5, 5.41) is 12.2. The average Bonchev–Trinajstić information content (AvgIpc) is 3.38. The molecule has 2 aromatic carbocycles. The molecule has 1 N–H and O–H groups in total. The molecule has 0 radical (unpaired) electrons. The number of hydrogen-bond donors (Lipinski definition) is 1. The van der Waals surface area contributed by atoms with E-state index in [2.05, 4.69) is 57.6 Å². The van der Waals surface area contributed by atoms with Gasteiger partial charge in [0, 0.05) is 44.0 Å². The van der Waals surface area contributed by atoms with E-state index in [0.29, 0.717) is 36.4 Å². The summed E-state index contributed by atoms with van der Waals surface area (Å²) in [5.74, 6) is -0.700. The number of fused-ring (bicyclic) bond motifs is 2. The van der Waals surface area contributed by atoms with Gasteiger partial charge in [-0.05, 0) is 44.9 Å². The average molecular weight is 614 g/mol. The number of allylic oxidation sites excluding steroid dienone is 1. The summed E-state index contributed by atoms with van der Waals surface area (Å²) in [6, 6.07) is 15.5. The lowest BCUT2D eigenvalue weighted by molar-refractivity contribution is -0.117. The van der Waals surface area contributed by atoms with Gasteiger partial charge in [-0.25, -0.2) is 0 Å². The van der Waals surface area contributed by atoms with Crippen molar-refractivity contribution in [3.05, 3.63) is 76.9 Å². The molecule has 0 saturated carbocycles. The van der Waals surface area contributed by atoms with Crippen LogP contribution >= 0.6 is 0 Å². The Morgan fingerprint density at radius 2 is 1.27 bits per heavy atom. The van der Waals surface area contributed by atoms with Gasteiger partial charge in [-0.2, -0.15) is 0 Å². The zero-order valence-electron chi connectivity index (χ0n) is 27.5. The van der Waals surface area contributed by atoms with Gasteiger partial charge in [0.25, 0.3) is 5.91 Å². The molecule has 0 atom stereocenters. The van der Waals surface area contributed by atoms with E-state index >= 15 is 0 Å². The van der Waals surface area contributed by atoms with E-state index in [0.717, 1.165) is 42.8 Å². The second-order valence-corrected chi connectivity index (χ2v) is 11.7. The Hall–Kier alpha value is -3.78. The number of imidazole rings is 1. The summed E-state index contributed by atoms with van der Waals surface area (Å²) >= 11 is 0. The van der Waals surface area contributed by atoms with Gasteiger partial charge in [0.1, 0.15) is 0 Å². The standard InChI is InChI=1S/C37H51N5O3/c1-4-7-8-9-10-11-12-13-14-19-26-45-27-20-25-38-36(44)31-28-32(29-21-15-16-22-30(29)35(31)43)39-40-37-41(5-2)33-23-17-18-24-34(33)42(37)6-3/h15-18,21-24,28H,4-14,19-20,25-27H2,1-3H3,(H,38,44)/b39-32+. The third-order valence-corrected chi connectivity index (χ3v) is 8.44. The predicted molar refractivity (Wildman–Crippen MR) is 183 cm³/mol. The number of Topliss-reactive ketones (excluding diaryl/α,β-unsaturated/α-hetero) is 1. The number of aryl methyl sites for hydroxylation is 2. The van der Waals surface area contributed by atoms with Crippen molar-refractivity contribution in [1.29, 1.82) is 0 Å². The Morgan fingerprint density at radius 1 is 0.711 bits per heavy atom. The first-order valence-corrected chi connectivity index (χ1v) is 17.1. The number of amides is 1. The van der Waals surface area contributed by atoms with Gasteiger partial charge in [0.15, 0.2) is 5.78 Å². The van der Waals surface area contributed by atoms with Crippen LogP contribution in [0.4, 0.5) is 0 Å². The lowest BCUT2D eigenvalue weighted by atomic mass is 9.88. The third kappa shape index (κ3) is 9.13. The molecule has 8 nitrogen and oxygen atoms in total. The largest absolute Gasteiger partial charge is 0.381 e. The zero-order valence-corrected chi connectivity index (χ0v) is 27.5. The summed E-state index contributed by atoms with van der Waals surface area (Å²) in [7, 11) is 0. The second-order valence-electron chi connectivity index (χ2n) is 11.7. The molecule has 1 aromatic heterocycles. The Labute approximate surface area is 268 Å². The number of carbonyl (C=O) groups is 2. The molecular weight excluding hydrogens is 562 g/mol. The number of ether oxygens (including phenoxy) is 1. The summed E-state index contributed by atoms with van der Waals surface area (Å²) in [6.07, 6.45) is 15.3. The van der Waals surface area contributed by atoms with Crippen molar-refractivity contribution >= 4 is 28.4 Å². The molecule has 4 rings (SSSR count). The van der Waals surface area contributed by atoms with Crippen LogP contribution in [-0.2, 0) is 22.6 Å². The summed E-state index contributed by atoms with van der Waals surface area (Å²) in [5.41, 5.74) is 4.59. The molecule has 0 fully saturated rings. The highest BCUT2D eigenvalue weighted by Gasteiger charge is 2.28. The maximum atomic E-state index is 13.3. The van der Waals surface area contributed by atoms with Crippen LogP contribution in [0.25, 0.3) is 11.0 Å². The van der Waals surface area contributed by atoms with Crippen LogP contribution in [0.1, 0.15) is 107 Å². The number of aromatic nitrogens is 2. The number of unbranched alkanes of at least 4 members (excludes halogenated alkanes) is 9. The predicted octanol–water partition coefficient (Wildman–Crippen LogP) is 7.35. The highest BCUT2D eigenvalue weighted by Crippen LogP contribution is 2.22. The van der Waals surface area contributed by atoms with Gasteiger partial charge in [0.05, 0.1) is 22.3 Å². The smallest absolute Gasteiger partial charge is 0.255 e. The van der Waals surface area contributed by atoms with Crippen molar-refractivity contribution in [2.75, 3.05) is 19.8 Å². The van der Waals surface area contributed by atoms with E-state index in [9.17, 15) is 9.59 Å². The van der Waals surface area contributed by atoms with Crippen LogP contribution in [0.15, 0.2) is 70.4 Å². The molecule has 1 aliphatic carbocycles. The van der Waals surface area contributed by atoms with E-state index in [1.54, 1.807) is 18.2 Å². The van der Waals surface area contributed by atoms with Gasteiger partial charge in [-0.15, -0.1) is 10.2 Å². The molecule has 1 heterocycles. The Kier molecular flexibility index (Phi) is 13.8. The number of para-hydroxylation sites is 2. The first-order chi connectivity index (χ1) is 22.1. The molecule has 8 heteroatoms. The van der Waals surface area contributed by atoms with Crippen LogP contribution < -0.4 is 10.9 Å². The number of carbonyl (C=O) groups excluding carboxylic acids is 2. The highest BCUT2D eigenvalue weighted by atomic mass is 16.5. The van der Waals surface area contributed by atoms with Crippen molar-refractivity contribution in [1.82, 2.24) is 14.5 Å². The molecule has 242 valence electrons. The normalized spacial score (nSPS) is 13.7. The summed E-state index contributed by atoms with van der Waals surface area (Å²) in [4.78, 5) is 26.5. The zero-order chi connectivity index (χ0) is 31.9. The Morgan fingerprint density at radius 3 is 1.89 bits per heavy atom. The van der Waals surface area contributed by atoms with E-state index in [4.69, 9.17) is 4.74 Å². The Balaban J connectivity index is 1.32. The molecule has 1 amide bonds. The first kappa shape index (κ1) is 34.1. The van der Waals surface area contributed by atoms with Gasteiger partial charge in [-0.1, -0.05) is 101 Å². The fourth-order valence-electron chi connectivity index (χ4n) is 5.96. The quantitative estimate of drug-likeness (QED) is 0.0871. The molecule has 1 aliphatic rings. The maximum Gasteiger partial charge on any atom is 0.255 e. The van der Waals surface area contributed by atoms with Crippen LogP contribution in [0.5, 0.6) is 0 Å². The van der Waals surface area contributed by atoms with Gasteiger partial charge >= 0.3 is 0 Å². The molecule has 45 heavy (non-hydrogen) atoms. The lowest BCUT2D eigenvalue weighted by Crippen LogP contribution is -2.32. The first-order valence-electron chi connectivity index (χ1n) is 17.1. The number of ketones is 1. The number of nitrogens with one attached hydrogen (secondary N) is 1. The van der Waals surface area contributed by atoms with E-state index in [1.165, 1.54) is 57.8 Å². The van der Waals surface area contributed by atoms with Crippen LogP contribution in [0, 0.1) is 0 Å². The minimum atomic E-state index is -0.400. The number of benzene rings is 2. The molecule has 0 bridgehead atoms. The number of hydrogen-bond acceptors (Lipinski definition) is 5. The van der Waals surface area contributed by atoms with Crippen molar-refractivity contribution in [3.8, 4) is 0 Å². The monoisotopic (exact) mass is 613 g/mol. The van der Waals surface area contributed by atoms with Crippen molar-refractivity contribution in [3.63, 3.8) is 0 Å². The van der Waals surface area contributed by atoms with Gasteiger partial charge in [0.2, 0.25) is 5.62 Å². The topological polar surface area (TPSA) is 90.0 Å².